The van der Waals surface area contributed by atoms with Gasteiger partial charge in [0.2, 0.25) is 5.89 Å². The lowest BCUT2D eigenvalue weighted by Gasteiger charge is -2.30. The summed E-state index contributed by atoms with van der Waals surface area (Å²) in [5.41, 5.74) is 0.528. The van der Waals surface area contributed by atoms with Gasteiger partial charge in [-0.15, -0.1) is 5.10 Å². The third-order valence-corrected chi connectivity index (χ3v) is 4.16. The Morgan fingerprint density at radius 1 is 1.40 bits per heavy atom. The topological polar surface area (TPSA) is 77.6 Å². The van der Waals surface area contributed by atoms with Crippen molar-refractivity contribution >= 4 is 5.97 Å². The Hall–Kier alpha value is -2.48. The van der Waals surface area contributed by atoms with E-state index in [4.69, 9.17) is 9.15 Å². The second-order valence-corrected chi connectivity index (χ2v) is 5.99. The molecule has 2 heterocycles. The fraction of sp³-hybridized carbons (Fsp3) is 0.471. The number of esters is 1. The molecule has 1 saturated heterocycles. The summed E-state index contributed by atoms with van der Waals surface area (Å²) < 4.78 is 24.4. The molecule has 7 nitrogen and oxygen atoms in total. The first-order valence-electron chi connectivity index (χ1n) is 8.29. The molecule has 1 atom stereocenters. The molecule has 0 N–H and O–H groups in total. The van der Waals surface area contributed by atoms with Crippen molar-refractivity contribution in [2.45, 2.75) is 26.4 Å². The molecule has 134 valence electrons. The minimum absolute atomic E-state index is 0.143. The van der Waals surface area contributed by atoms with Crippen molar-refractivity contribution in [2.24, 2.45) is 5.92 Å². The van der Waals surface area contributed by atoms with E-state index in [0.29, 0.717) is 18.7 Å². The van der Waals surface area contributed by atoms with Crippen LogP contribution in [0.3, 0.4) is 0 Å². The highest BCUT2D eigenvalue weighted by atomic mass is 19.1. The molecule has 1 aliphatic heterocycles. The van der Waals surface area contributed by atoms with E-state index in [2.05, 4.69) is 5.10 Å². The summed E-state index contributed by atoms with van der Waals surface area (Å²) in [5.74, 6) is -1.20. The van der Waals surface area contributed by atoms with Crippen LogP contribution in [0.5, 0.6) is 0 Å². The van der Waals surface area contributed by atoms with Gasteiger partial charge in [0, 0.05) is 12.1 Å². The van der Waals surface area contributed by atoms with Crippen molar-refractivity contribution in [1.29, 1.82) is 0 Å². The van der Waals surface area contributed by atoms with Crippen LogP contribution in [0, 0.1) is 11.7 Å². The number of hydrogen-bond acceptors (Lipinski definition) is 6. The minimum Gasteiger partial charge on any atom is -0.466 e. The molecule has 0 amide bonds. The minimum atomic E-state index is -0.586. The summed E-state index contributed by atoms with van der Waals surface area (Å²) in [4.78, 5) is 25.9. The number of ether oxygens (including phenoxy) is 1. The first kappa shape index (κ1) is 17.3. The number of aromatic nitrogens is 2. The molecule has 1 aromatic carbocycles. The normalized spacial score (nSPS) is 18.2. The van der Waals surface area contributed by atoms with Crippen LogP contribution in [0.2, 0.25) is 0 Å². The summed E-state index contributed by atoms with van der Waals surface area (Å²) in [6.45, 7) is 3.66. The lowest BCUT2D eigenvalue weighted by molar-refractivity contribution is -0.150. The number of likely N-dealkylation sites (tertiary alicyclic amines) is 1. The SMILES string of the molecule is CCOC(=O)[C@H]1CCCN(Cn2nc(-c3ccc(F)cc3)oc2=O)C1. The Morgan fingerprint density at radius 3 is 2.88 bits per heavy atom. The highest BCUT2D eigenvalue weighted by molar-refractivity contribution is 5.72. The van der Waals surface area contributed by atoms with Crippen LogP contribution >= 0.6 is 0 Å². The molecule has 0 unspecified atom stereocenters. The van der Waals surface area contributed by atoms with Gasteiger partial charge < -0.3 is 9.15 Å². The Morgan fingerprint density at radius 2 is 2.16 bits per heavy atom. The molecule has 0 bridgehead atoms. The zero-order chi connectivity index (χ0) is 17.8. The molecule has 8 heteroatoms. The Bertz CT molecular complexity index is 784. The second kappa shape index (κ2) is 7.60. The van der Waals surface area contributed by atoms with E-state index in [-0.39, 0.29) is 30.3 Å². The van der Waals surface area contributed by atoms with Gasteiger partial charge in [0.05, 0.1) is 12.5 Å². The van der Waals surface area contributed by atoms with E-state index in [1.54, 1.807) is 6.92 Å². The van der Waals surface area contributed by atoms with Gasteiger partial charge in [-0.3, -0.25) is 9.69 Å². The summed E-state index contributed by atoms with van der Waals surface area (Å²) in [7, 11) is 0. The molecule has 1 aromatic heterocycles. The van der Waals surface area contributed by atoms with Crippen molar-refractivity contribution in [2.75, 3.05) is 19.7 Å². The van der Waals surface area contributed by atoms with Gasteiger partial charge in [-0.2, -0.15) is 4.68 Å². The number of hydrogen-bond donors (Lipinski definition) is 0. The average Bonchev–Trinajstić information content (AvgIpc) is 2.97. The number of benzene rings is 1. The highest BCUT2D eigenvalue weighted by Crippen LogP contribution is 2.19. The van der Waals surface area contributed by atoms with Crippen LogP contribution in [-0.4, -0.2) is 40.3 Å². The van der Waals surface area contributed by atoms with E-state index in [9.17, 15) is 14.0 Å². The standard InChI is InChI=1S/C17H20FN3O4/c1-2-24-16(22)13-4-3-9-20(10-13)11-21-17(23)25-15(19-21)12-5-7-14(18)8-6-12/h5-8,13H,2-4,9-11H2,1H3/t13-/m0/s1. The van der Waals surface area contributed by atoms with E-state index in [1.807, 2.05) is 4.90 Å². The smallest absolute Gasteiger partial charge is 0.438 e. The molecule has 0 radical (unpaired) electrons. The number of carbonyl (C=O) groups is 1. The Balaban J connectivity index is 1.69. The van der Waals surface area contributed by atoms with Crippen molar-refractivity contribution in [3.8, 4) is 11.5 Å². The Kier molecular flexibility index (Phi) is 5.28. The fourth-order valence-corrected chi connectivity index (χ4v) is 2.93. The summed E-state index contributed by atoms with van der Waals surface area (Å²) in [6.07, 6.45) is 1.63. The van der Waals surface area contributed by atoms with E-state index in [1.165, 1.54) is 28.9 Å². The molecule has 1 fully saturated rings. The zero-order valence-corrected chi connectivity index (χ0v) is 14.0. The van der Waals surface area contributed by atoms with Gasteiger partial charge >= 0.3 is 11.7 Å². The van der Waals surface area contributed by atoms with E-state index in [0.717, 1.165) is 19.4 Å². The first-order chi connectivity index (χ1) is 12.1. The monoisotopic (exact) mass is 349 g/mol. The second-order valence-electron chi connectivity index (χ2n) is 5.99. The highest BCUT2D eigenvalue weighted by Gasteiger charge is 2.27. The van der Waals surface area contributed by atoms with Gasteiger partial charge in [0.15, 0.2) is 0 Å². The van der Waals surface area contributed by atoms with Crippen LogP contribution in [0.1, 0.15) is 19.8 Å². The van der Waals surface area contributed by atoms with Crippen molar-refractivity contribution in [1.82, 2.24) is 14.7 Å². The third-order valence-electron chi connectivity index (χ3n) is 4.16. The number of nitrogens with zero attached hydrogens (tertiary/aromatic N) is 3. The molecule has 25 heavy (non-hydrogen) atoms. The molecule has 2 aromatic rings. The lowest BCUT2D eigenvalue weighted by Crippen LogP contribution is -2.41. The molecule has 0 aliphatic carbocycles. The number of piperidine rings is 1. The predicted molar refractivity (Wildman–Crippen MR) is 87.1 cm³/mol. The van der Waals surface area contributed by atoms with Crippen LogP contribution in [0.25, 0.3) is 11.5 Å². The van der Waals surface area contributed by atoms with Gasteiger partial charge in [-0.25, -0.2) is 9.18 Å². The molecular formula is C17H20FN3O4. The summed E-state index contributed by atoms with van der Waals surface area (Å²) in [5, 5.41) is 4.17. The first-order valence-corrected chi connectivity index (χ1v) is 8.29. The third kappa shape index (κ3) is 4.14. The summed E-state index contributed by atoms with van der Waals surface area (Å²) >= 11 is 0. The van der Waals surface area contributed by atoms with Gasteiger partial charge in [0.1, 0.15) is 12.5 Å². The molecule has 0 spiro atoms. The maximum Gasteiger partial charge on any atom is 0.438 e. The number of rotatable bonds is 5. The van der Waals surface area contributed by atoms with Crippen LogP contribution in [0.4, 0.5) is 4.39 Å². The van der Waals surface area contributed by atoms with Gasteiger partial charge in [-0.1, -0.05) is 0 Å². The number of carbonyl (C=O) groups excluding carboxylic acids is 1. The van der Waals surface area contributed by atoms with Gasteiger partial charge in [-0.05, 0) is 50.6 Å². The number of halogens is 1. The molecular weight excluding hydrogens is 329 g/mol. The predicted octanol–water partition coefficient (Wildman–Crippen LogP) is 1.87. The summed E-state index contributed by atoms with van der Waals surface area (Å²) in [6, 6.07) is 5.57. The van der Waals surface area contributed by atoms with E-state index >= 15 is 0 Å². The molecule has 1 aliphatic rings. The maximum atomic E-state index is 13.0. The Labute approximate surface area is 144 Å². The average molecular weight is 349 g/mol. The van der Waals surface area contributed by atoms with Crippen LogP contribution < -0.4 is 5.76 Å². The van der Waals surface area contributed by atoms with Crippen LogP contribution in [-0.2, 0) is 16.2 Å². The van der Waals surface area contributed by atoms with Crippen LogP contribution in [0.15, 0.2) is 33.5 Å². The molecule has 0 saturated carbocycles. The maximum absolute atomic E-state index is 13.0. The molecule has 3 rings (SSSR count). The quantitative estimate of drug-likeness (QED) is 0.767. The van der Waals surface area contributed by atoms with Crippen molar-refractivity contribution in [3.05, 3.63) is 40.6 Å². The zero-order valence-electron chi connectivity index (χ0n) is 14.0. The van der Waals surface area contributed by atoms with Gasteiger partial charge in [0.25, 0.3) is 0 Å². The van der Waals surface area contributed by atoms with Crippen molar-refractivity contribution in [3.63, 3.8) is 0 Å². The fourth-order valence-electron chi connectivity index (χ4n) is 2.93. The van der Waals surface area contributed by atoms with Crippen molar-refractivity contribution < 1.29 is 18.3 Å². The van der Waals surface area contributed by atoms with E-state index < -0.39 is 5.76 Å². The largest absolute Gasteiger partial charge is 0.466 e. The lowest BCUT2D eigenvalue weighted by atomic mass is 9.99.